The van der Waals surface area contributed by atoms with Crippen molar-refractivity contribution in [1.82, 2.24) is 19.7 Å². The van der Waals surface area contributed by atoms with Crippen LogP contribution in [0.5, 0.6) is 0 Å². The molecule has 0 unspecified atom stereocenters. The normalized spacial score (nSPS) is 17.5. The number of aromatic nitrogens is 1. The number of carbonyl (C=O) groups is 1. The molecule has 2 fully saturated rings. The van der Waals surface area contributed by atoms with Crippen LogP contribution in [0.4, 0.5) is 0 Å². The average molecular weight is 628 g/mol. The van der Waals surface area contributed by atoms with E-state index in [1.807, 2.05) is 18.2 Å². The molecule has 0 aliphatic carbocycles. The predicted octanol–water partition coefficient (Wildman–Crippen LogP) is 0.536. The van der Waals surface area contributed by atoms with Crippen LogP contribution in [0.25, 0.3) is 10.2 Å². The van der Waals surface area contributed by atoms with E-state index in [0.717, 1.165) is 65.7 Å². The van der Waals surface area contributed by atoms with Crippen molar-refractivity contribution in [3.63, 3.8) is 0 Å². The number of rotatable bonds is 8. The maximum absolute atomic E-state index is 13.4. The standard InChI is InChI=1S/C25H29ClIN4O3S/c26-19-5-3-18(4-6-19)14-28-24(33)22-16-31(10-9-29-7-1-2-8-29)25-21(23(22)32)13-20(35-25)15-30-11-12-34-27-17-30/h3-6,13,16H,1-2,7-12,14-15,17H2,(H,28,33)/q-1. The number of thiophene rings is 1. The Kier molecular flexibility index (Phi) is 8.41. The SMILES string of the molecule is O=C(NCc1ccc(Cl)cc1)c1cn(CCN2CCCC2)c2sc(CN3CCO[I-]C3)cc2c1=O. The molecule has 2 aliphatic rings. The fourth-order valence-electron chi connectivity index (χ4n) is 4.49. The van der Waals surface area contributed by atoms with E-state index >= 15 is 0 Å². The van der Waals surface area contributed by atoms with Gasteiger partial charge in [0.05, 0.1) is 0 Å². The second kappa shape index (κ2) is 11.7. The summed E-state index contributed by atoms with van der Waals surface area (Å²) in [6.45, 7) is 6.80. The summed E-state index contributed by atoms with van der Waals surface area (Å²) >= 11 is 7.42. The molecule has 1 N–H and O–H groups in total. The molecule has 4 heterocycles. The quantitative estimate of drug-likeness (QED) is 0.225. The van der Waals surface area contributed by atoms with Gasteiger partial charge in [-0.05, 0) is 12.1 Å². The second-order valence-corrected chi connectivity index (χ2v) is 12.4. The fraction of sp³-hybridized carbons (Fsp3) is 0.440. The van der Waals surface area contributed by atoms with E-state index in [0.29, 0.717) is 17.0 Å². The summed E-state index contributed by atoms with van der Waals surface area (Å²) in [5, 5.41) is 4.21. The first-order chi connectivity index (χ1) is 17.1. The van der Waals surface area contributed by atoms with Crippen LogP contribution in [0.1, 0.15) is 33.6 Å². The minimum atomic E-state index is -0.340. The summed E-state index contributed by atoms with van der Waals surface area (Å²) in [6.07, 6.45) is 4.24. The number of carbonyl (C=O) groups excluding carboxylic acids is 1. The van der Waals surface area contributed by atoms with Crippen molar-refractivity contribution in [2.75, 3.05) is 37.3 Å². The zero-order valence-electron chi connectivity index (χ0n) is 19.5. The van der Waals surface area contributed by atoms with E-state index in [9.17, 15) is 9.59 Å². The van der Waals surface area contributed by atoms with Gasteiger partial charge in [-0.25, -0.2) is 0 Å². The maximum atomic E-state index is 13.4. The molecular weight excluding hydrogens is 599 g/mol. The molecule has 2 aromatic heterocycles. The monoisotopic (exact) mass is 627 g/mol. The van der Waals surface area contributed by atoms with Gasteiger partial charge in [-0.2, -0.15) is 0 Å². The third kappa shape index (κ3) is 6.26. The third-order valence-electron chi connectivity index (χ3n) is 6.42. The van der Waals surface area contributed by atoms with E-state index in [4.69, 9.17) is 14.7 Å². The number of nitrogens with one attached hydrogen (secondary N) is 1. The zero-order valence-corrected chi connectivity index (χ0v) is 23.2. The Bertz CT molecular complexity index is 1230. The van der Waals surface area contributed by atoms with Crippen molar-refractivity contribution < 1.29 is 29.5 Å². The summed E-state index contributed by atoms with van der Waals surface area (Å²) in [7, 11) is 0. The van der Waals surface area contributed by atoms with Crippen LogP contribution in [0.15, 0.2) is 41.3 Å². The Labute approximate surface area is 224 Å². The zero-order chi connectivity index (χ0) is 24.2. The number of benzene rings is 1. The summed E-state index contributed by atoms with van der Waals surface area (Å²) in [4.78, 5) is 33.5. The molecule has 1 amide bonds. The topological polar surface area (TPSA) is 66.8 Å². The Morgan fingerprint density at radius 2 is 1.91 bits per heavy atom. The molecule has 0 saturated carbocycles. The van der Waals surface area contributed by atoms with Crippen LogP contribution in [0, 0.1) is 0 Å². The van der Waals surface area contributed by atoms with E-state index in [1.54, 1.807) is 29.7 Å². The van der Waals surface area contributed by atoms with Crippen LogP contribution >= 0.6 is 22.9 Å². The van der Waals surface area contributed by atoms with Crippen molar-refractivity contribution in [1.29, 1.82) is 0 Å². The van der Waals surface area contributed by atoms with Gasteiger partial charge < -0.3 is 0 Å². The number of alkyl halides is 1. The van der Waals surface area contributed by atoms with Gasteiger partial charge in [-0.1, -0.05) is 23.7 Å². The molecule has 0 atom stereocenters. The molecule has 3 aromatic rings. The predicted molar refractivity (Wildman–Crippen MR) is 136 cm³/mol. The summed E-state index contributed by atoms with van der Waals surface area (Å²) in [5.74, 6) is -0.340. The number of fused-ring (bicyclic) bond motifs is 1. The molecule has 0 spiro atoms. The molecule has 2 aliphatic heterocycles. The summed E-state index contributed by atoms with van der Waals surface area (Å²) in [5.41, 5.74) is 0.946. The average Bonchev–Trinajstić information content (AvgIpc) is 3.54. The number of pyridine rings is 1. The number of nitrogens with zero attached hydrogens (tertiary/aromatic N) is 3. The molecule has 35 heavy (non-hydrogen) atoms. The molecule has 188 valence electrons. The van der Waals surface area contributed by atoms with Crippen molar-refractivity contribution in [2.45, 2.75) is 32.5 Å². The van der Waals surface area contributed by atoms with Gasteiger partial charge in [0.15, 0.2) is 0 Å². The Hall–Kier alpha value is -1.50. The summed E-state index contributed by atoms with van der Waals surface area (Å²) in [6, 6.07) is 9.34. The van der Waals surface area contributed by atoms with E-state index in [1.165, 1.54) is 12.8 Å². The minimum absolute atomic E-state index is 0.192. The van der Waals surface area contributed by atoms with E-state index in [2.05, 4.69) is 19.7 Å². The van der Waals surface area contributed by atoms with Crippen LogP contribution < -0.4 is 32.4 Å². The Morgan fingerprint density at radius 1 is 1.11 bits per heavy atom. The molecule has 0 bridgehead atoms. The number of hydrogen-bond donors (Lipinski definition) is 1. The first-order valence-corrected chi connectivity index (χ1v) is 15.5. The van der Waals surface area contributed by atoms with Gasteiger partial charge in [0, 0.05) is 5.02 Å². The Morgan fingerprint density at radius 3 is 2.66 bits per heavy atom. The van der Waals surface area contributed by atoms with Crippen molar-refractivity contribution >= 4 is 39.1 Å². The van der Waals surface area contributed by atoms with Crippen LogP contribution in [-0.4, -0.2) is 57.6 Å². The Balaban J connectivity index is 1.41. The van der Waals surface area contributed by atoms with Gasteiger partial charge in [0.2, 0.25) is 0 Å². The van der Waals surface area contributed by atoms with Gasteiger partial charge >= 0.3 is 185 Å². The summed E-state index contributed by atoms with van der Waals surface area (Å²) < 4.78 is 8.70. The number of hydrogen-bond acceptors (Lipinski definition) is 6. The van der Waals surface area contributed by atoms with Crippen LogP contribution in [0.3, 0.4) is 0 Å². The van der Waals surface area contributed by atoms with Gasteiger partial charge in [0.25, 0.3) is 0 Å². The molecular formula is C25H29ClIN4O3S-. The fourth-order valence-corrected chi connectivity index (χ4v) is 7.49. The first-order valence-electron chi connectivity index (χ1n) is 11.9. The molecule has 1 aromatic carbocycles. The third-order valence-corrected chi connectivity index (χ3v) is 9.96. The van der Waals surface area contributed by atoms with Crippen LogP contribution in [-0.2, 0) is 22.7 Å². The molecule has 7 nitrogen and oxygen atoms in total. The van der Waals surface area contributed by atoms with Crippen molar-refractivity contribution in [3.05, 3.63) is 67.8 Å². The van der Waals surface area contributed by atoms with Gasteiger partial charge in [-0.15, -0.1) is 0 Å². The number of likely N-dealkylation sites (tertiary alicyclic amines) is 1. The van der Waals surface area contributed by atoms with Crippen LogP contribution in [0.2, 0.25) is 5.02 Å². The molecule has 0 radical (unpaired) electrons. The first kappa shape index (κ1) is 25.2. The molecule has 5 rings (SSSR count). The number of halogens is 2. The number of amides is 1. The van der Waals surface area contributed by atoms with Crippen molar-refractivity contribution in [3.8, 4) is 0 Å². The van der Waals surface area contributed by atoms with E-state index < -0.39 is 0 Å². The molecule has 2 saturated heterocycles. The van der Waals surface area contributed by atoms with E-state index in [-0.39, 0.29) is 38.5 Å². The second-order valence-electron chi connectivity index (χ2n) is 8.95. The van der Waals surface area contributed by atoms with Gasteiger partial charge in [-0.3, -0.25) is 0 Å². The van der Waals surface area contributed by atoms with Crippen molar-refractivity contribution in [2.24, 2.45) is 0 Å². The van der Waals surface area contributed by atoms with Gasteiger partial charge in [0.1, 0.15) is 0 Å². The molecule has 10 heteroatoms.